The average molecular weight is 290 g/mol. The minimum Gasteiger partial charge on any atom is -0.493 e. The Labute approximate surface area is 125 Å². The quantitative estimate of drug-likeness (QED) is 0.924. The van der Waals surface area contributed by atoms with Gasteiger partial charge in [0, 0.05) is 19.6 Å². The average Bonchev–Trinajstić information content (AvgIpc) is 3.34. The summed E-state index contributed by atoms with van der Waals surface area (Å²) in [6.45, 7) is 2.19. The lowest BCUT2D eigenvalue weighted by molar-refractivity contribution is 0.191. The molecule has 21 heavy (non-hydrogen) atoms. The van der Waals surface area contributed by atoms with Gasteiger partial charge >= 0.3 is 6.03 Å². The monoisotopic (exact) mass is 290 g/mol. The Balaban J connectivity index is 1.70. The number of urea groups is 1. The molecule has 1 aliphatic heterocycles. The molecule has 0 spiro atoms. The maximum Gasteiger partial charge on any atom is 0.317 e. The van der Waals surface area contributed by atoms with Crippen LogP contribution in [0.2, 0.25) is 0 Å². The van der Waals surface area contributed by atoms with Gasteiger partial charge in [0.25, 0.3) is 0 Å². The highest BCUT2D eigenvalue weighted by Crippen LogP contribution is 2.33. The first-order chi connectivity index (χ1) is 10.2. The van der Waals surface area contributed by atoms with Crippen LogP contribution in [-0.4, -0.2) is 38.2 Å². The van der Waals surface area contributed by atoms with Gasteiger partial charge in [0.1, 0.15) is 0 Å². The number of nitrogens with one attached hydrogen (secondary N) is 1. The van der Waals surface area contributed by atoms with Crippen molar-refractivity contribution in [3.63, 3.8) is 0 Å². The van der Waals surface area contributed by atoms with E-state index in [1.165, 1.54) is 18.4 Å². The summed E-state index contributed by atoms with van der Waals surface area (Å²) in [5, 5.41) is 3.03. The van der Waals surface area contributed by atoms with Gasteiger partial charge in [0.15, 0.2) is 11.5 Å². The van der Waals surface area contributed by atoms with Crippen LogP contribution in [-0.2, 0) is 13.0 Å². The van der Waals surface area contributed by atoms with Crippen molar-refractivity contribution in [2.24, 2.45) is 5.92 Å². The zero-order valence-electron chi connectivity index (χ0n) is 12.6. The first kappa shape index (κ1) is 14.0. The number of benzene rings is 1. The summed E-state index contributed by atoms with van der Waals surface area (Å²) < 4.78 is 10.7. The van der Waals surface area contributed by atoms with E-state index < -0.39 is 0 Å². The summed E-state index contributed by atoms with van der Waals surface area (Å²) in [6, 6.07) is 4.05. The summed E-state index contributed by atoms with van der Waals surface area (Å²) >= 11 is 0. The Kier molecular flexibility index (Phi) is 3.90. The van der Waals surface area contributed by atoms with Crippen LogP contribution < -0.4 is 14.8 Å². The molecule has 0 aromatic heterocycles. The van der Waals surface area contributed by atoms with Crippen LogP contribution >= 0.6 is 0 Å². The van der Waals surface area contributed by atoms with Crippen molar-refractivity contribution in [3.8, 4) is 11.5 Å². The summed E-state index contributed by atoms with van der Waals surface area (Å²) in [5.41, 5.74) is 2.37. The van der Waals surface area contributed by atoms with Crippen LogP contribution in [0.15, 0.2) is 12.1 Å². The Hall–Kier alpha value is -1.91. The minimum absolute atomic E-state index is 0.0438. The van der Waals surface area contributed by atoms with E-state index in [-0.39, 0.29) is 6.03 Å². The first-order valence-corrected chi connectivity index (χ1v) is 7.48. The predicted octanol–water partition coefficient (Wildman–Crippen LogP) is 2.18. The molecule has 2 amide bonds. The van der Waals surface area contributed by atoms with Crippen molar-refractivity contribution in [2.75, 3.05) is 27.3 Å². The zero-order valence-corrected chi connectivity index (χ0v) is 12.6. The highest BCUT2D eigenvalue weighted by molar-refractivity contribution is 5.74. The molecule has 1 N–H and O–H groups in total. The SMILES string of the molecule is COc1cc2c(cc1OC)CN(C(=O)NCC1CC1)CC2. The van der Waals surface area contributed by atoms with E-state index >= 15 is 0 Å². The third-order valence-corrected chi connectivity index (χ3v) is 4.24. The second kappa shape index (κ2) is 5.84. The number of amides is 2. The van der Waals surface area contributed by atoms with Crippen molar-refractivity contribution in [1.29, 1.82) is 0 Å². The predicted molar refractivity (Wildman–Crippen MR) is 79.8 cm³/mol. The fourth-order valence-corrected chi connectivity index (χ4v) is 2.72. The molecule has 1 fully saturated rings. The van der Waals surface area contributed by atoms with E-state index in [9.17, 15) is 4.79 Å². The van der Waals surface area contributed by atoms with Gasteiger partial charge in [-0.3, -0.25) is 0 Å². The Bertz CT molecular complexity index is 541. The number of nitrogens with zero attached hydrogens (tertiary/aromatic N) is 1. The fourth-order valence-electron chi connectivity index (χ4n) is 2.72. The fraction of sp³-hybridized carbons (Fsp3) is 0.562. The number of carbonyl (C=O) groups is 1. The summed E-state index contributed by atoms with van der Waals surface area (Å²) in [4.78, 5) is 14.0. The van der Waals surface area contributed by atoms with E-state index in [0.717, 1.165) is 36.6 Å². The molecule has 0 unspecified atom stereocenters. The minimum atomic E-state index is 0.0438. The zero-order chi connectivity index (χ0) is 14.8. The second-order valence-corrected chi connectivity index (χ2v) is 5.78. The van der Waals surface area contributed by atoms with Gasteiger partial charge < -0.3 is 19.7 Å². The number of ether oxygens (including phenoxy) is 2. The lowest BCUT2D eigenvalue weighted by Crippen LogP contribution is -2.43. The van der Waals surface area contributed by atoms with Crippen molar-refractivity contribution in [3.05, 3.63) is 23.3 Å². The van der Waals surface area contributed by atoms with E-state index in [1.807, 2.05) is 17.0 Å². The number of rotatable bonds is 4. The maximum atomic E-state index is 12.2. The molecule has 0 atom stereocenters. The lowest BCUT2D eigenvalue weighted by Gasteiger charge is -2.29. The number of carbonyl (C=O) groups excluding carboxylic acids is 1. The third kappa shape index (κ3) is 3.06. The normalized spacial score (nSPS) is 17.1. The summed E-state index contributed by atoms with van der Waals surface area (Å²) in [7, 11) is 3.28. The smallest absolute Gasteiger partial charge is 0.317 e. The van der Waals surface area contributed by atoms with Crippen LogP contribution in [0.3, 0.4) is 0 Å². The molecule has 1 aromatic carbocycles. The Morgan fingerprint density at radius 2 is 1.90 bits per heavy atom. The number of hydrogen-bond donors (Lipinski definition) is 1. The van der Waals surface area contributed by atoms with Gasteiger partial charge in [-0.2, -0.15) is 0 Å². The number of methoxy groups -OCH3 is 2. The molecule has 114 valence electrons. The molecule has 3 rings (SSSR count). The number of fused-ring (bicyclic) bond motifs is 1. The molecule has 0 saturated heterocycles. The van der Waals surface area contributed by atoms with Crippen LogP contribution in [0, 0.1) is 5.92 Å². The van der Waals surface area contributed by atoms with Crippen molar-refractivity contribution in [1.82, 2.24) is 10.2 Å². The lowest BCUT2D eigenvalue weighted by atomic mass is 9.99. The standard InChI is InChI=1S/C16H22N2O3/c1-20-14-7-12-5-6-18(10-13(12)8-15(14)21-2)16(19)17-9-11-3-4-11/h7-8,11H,3-6,9-10H2,1-2H3,(H,17,19). The molecule has 1 aromatic rings. The summed E-state index contributed by atoms with van der Waals surface area (Å²) in [5.74, 6) is 2.18. The largest absolute Gasteiger partial charge is 0.493 e. The first-order valence-electron chi connectivity index (χ1n) is 7.48. The van der Waals surface area contributed by atoms with Crippen molar-refractivity contribution in [2.45, 2.75) is 25.8 Å². The summed E-state index contributed by atoms with van der Waals surface area (Å²) in [6.07, 6.45) is 3.35. The molecule has 5 heteroatoms. The Morgan fingerprint density at radius 3 is 2.52 bits per heavy atom. The highest BCUT2D eigenvalue weighted by Gasteiger charge is 2.25. The third-order valence-electron chi connectivity index (χ3n) is 4.24. The molecule has 1 heterocycles. The molecule has 2 aliphatic rings. The van der Waals surface area contributed by atoms with Gasteiger partial charge in [0.05, 0.1) is 14.2 Å². The van der Waals surface area contributed by atoms with Gasteiger partial charge in [-0.25, -0.2) is 4.79 Å². The van der Waals surface area contributed by atoms with Gasteiger partial charge in [-0.1, -0.05) is 0 Å². The molecule has 1 aliphatic carbocycles. The van der Waals surface area contributed by atoms with E-state index in [4.69, 9.17) is 9.47 Å². The van der Waals surface area contributed by atoms with Crippen LogP contribution in [0.4, 0.5) is 4.79 Å². The molecular weight excluding hydrogens is 268 g/mol. The van der Waals surface area contributed by atoms with Gasteiger partial charge in [0.2, 0.25) is 0 Å². The Morgan fingerprint density at radius 1 is 1.24 bits per heavy atom. The number of hydrogen-bond acceptors (Lipinski definition) is 3. The van der Waals surface area contributed by atoms with E-state index in [0.29, 0.717) is 12.5 Å². The maximum absolute atomic E-state index is 12.2. The molecule has 0 radical (unpaired) electrons. The molecule has 0 bridgehead atoms. The molecular formula is C16H22N2O3. The van der Waals surface area contributed by atoms with Crippen LogP contribution in [0.1, 0.15) is 24.0 Å². The van der Waals surface area contributed by atoms with E-state index in [1.54, 1.807) is 14.2 Å². The van der Waals surface area contributed by atoms with E-state index in [2.05, 4.69) is 5.32 Å². The molecule has 1 saturated carbocycles. The molecule has 5 nitrogen and oxygen atoms in total. The van der Waals surface area contributed by atoms with Crippen molar-refractivity contribution >= 4 is 6.03 Å². The second-order valence-electron chi connectivity index (χ2n) is 5.78. The van der Waals surface area contributed by atoms with Gasteiger partial charge in [-0.15, -0.1) is 0 Å². The topological polar surface area (TPSA) is 50.8 Å². The highest BCUT2D eigenvalue weighted by atomic mass is 16.5. The van der Waals surface area contributed by atoms with Gasteiger partial charge in [-0.05, 0) is 48.4 Å². The van der Waals surface area contributed by atoms with Crippen molar-refractivity contribution < 1.29 is 14.3 Å². The van der Waals surface area contributed by atoms with Crippen LogP contribution in [0.25, 0.3) is 0 Å². The van der Waals surface area contributed by atoms with Crippen LogP contribution in [0.5, 0.6) is 11.5 Å².